The van der Waals surface area contributed by atoms with Gasteiger partial charge in [0.2, 0.25) is 0 Å². The summed E-state index contributed by atoms with van der Waals surface area (Å²) >= 11 is 0. The number of fused-ring (bicyclic) bond motifs is 1. The Bertz CT molecular complexity index is 1090. The van der Waals surface area contributed by atoms with Crippen LogP contribution in [0.15, 0.2) is 65.7 Å². The van der Waals surface area contributed by atoms with Crippen molar-refractivity contribution in [2.45, 2.75) is 32.0 Å². The highest BCUT2D eigenvalue weighted by molar-refractivity contribution is 5.93. The second-order valence-corrected chi connectivity index (χ2v) is 7.00. The Morgan fingerprint density at radius 1 is 1.14 bits per heavy atom. The first kappa shape index (κ1) is 19.3. The molecule has 3 aromatic rings. The molecule has 7 nitrogen and oxygen atoms in total. The first-order chi connectivity index (χ1) is 14.1. The van der Waals surface area contributed by atoms with Crippen LogP contribution in [0.3, 0.4) is 0 Å². The molecular formula is C22H22N2O5. The van der Waals surface area contributed by atoms with Crippen molar-refractivity contribution in [3.8, 4) is 11.3 Å². The highest BCUT2D eigenvalue weighted by Gasteiger charge is 2.30. The Morgan fingerprint density at radius 3 is 2.59 bits per heavy atom. The third-order valence-electron chi connectivity index (χ3n) is 5.00. The lowest BCUT2D eigenvalue weighted by atomic mass is 10.0. The van der Waals surface area contributed by atoms with Gasteiger partial charge in [0.05, 0.1) is 23.9 Å². The fourth-order valence-electron chi connectivity index (χ4n) is 3.34. The van der Waals surface area contributed by atoms with Crippen molar-refractivity contribution in [2.24, 2.45) is 0 Å². The smallest absolute Gasteiger partial charge is 0.276 e. The number of aryl methyl sites for hydroxylation is 1. The van der Waals surface area contributed by atoms with Gasteiger partial charge >= 0.3 is 0 Å². The lowest BCUT2D eigenvalue weighted by Gasteiger charge is -2.29. The zero-order valence-corrected chi connectivity index (χ0v) is 15.9. The van der Waals surface area contributed by atoms with Crippen molar-refractivity contribution in [3.05, 3.63) is 76.8 Å². The van der Waals surface area contributed by atoms with Crippen LogP contribution in [0.2, 0.25) is 0 Å². The van der Waals surface area contributed by atoms with Gasteiger partial charge in [0, 0.05) is 10.9 Å². The van der Waals surface area contributed by atoms with Gasteiger partial charge in [-0.3, -0.25) is 4.79 Å². The summed E-state index contributed by atoms with van der Waals surface area (Å²) < 4.78 is 12.1. The van der Waals surface area contributed by atoms with E-state index in [0.717, 1.165) is 16.5 Å². The minimum atomic E-state index is -1.04. The van der Waals surface area contributed by atoms with Crippen LogP contribution in [-0.4, -0.2) is 44.9 Å². The third kappa shape index (κ3) is 3.80. The molecule has 0 radical (unpaired) electrons. The lowest BCUT2D eigenvalue weighted by molar-refractivity contribution is -0.117. The van der Waals surface area contributed by atoms with Crippen molar-refractivity contribution in [1.29, 1.82) is 0 Å². The van der Waals surface area contributed by atoms with E-state index in [0.29, 0.717) is 11.1 Å². The topological polar surface area (TPSA) is 93.8 Å². The molecule has 0 amide bonds. The molecule has 1 aromatic heterocycles. The van der Waals surface area contributed by atoms with Crippen LogP contribution in [0.5, 0.6) is 0 Å². The van der Waals surface area contributed by atoms with E-state index in [4.69, 9.17) is 9.47 Å². The average molecular weight is 394 g/mol. The number of aliphatic hydroxyl groups excluding tert-OH is 2. The van der Waals surface area contributed by atoms with Crippen LogP contribution in [0.25, 0.3) is 22.0 Å². The number of ether oxygens (including phenoxy) is 2. The number of hydrogen-bond acceptors (Lipinski definition) is 6. The molecule has 2 heterocycles. The standard InChI is InChI=1S/C22H22N2O5/c1-14-6-8-15(9-7-14)20-16-4-2-3-5-17(16)22(27)24(23-20)13-29-18-10-11-28-19(12-25)21(18)26/h2-11,18-19,21,25-26H,12-13H2,1H3/t18-,19-,21-/m1/s1. The summed E-state index contributed by atoms with van der Waals surface area (Å²) in [5.41, 5.74) is 2.43. The van der Waals surface area contributed by atoms with Gasteiger partial charge in [0.1, 0.15) is 25.0 Å². The third-order valence-corrected chi connectivity index (χ3v) is 5.00. The molecule has 4 rings (SSSR count). The maximum atomic E-state index is 12.9. The average Bonchev–Trinajstić information content (AvgIpc) is 2.75. The van der Waals surface area contributed by atoms with Crippen molar-refractivity contribution in [2.75, 3.05) is 6.61 Å². The molecule has 0 saturated heterocycles. The molecular weight excluding hydrogens is 372 g/mol. The Morgan fingerprint density at radius 2 is 1.86 bits per heavy atom. The number of benzene rings is 2. The highest BCUT2D eigenvalue weighted by Crippen LogP contribution is 2.25. The van der Waals surface area contributed by atoms with Crippen LogP contribution in [0, 0.1) is 6.92 Å². The molecule has 1 aliphatic rings. The lowest BCUT2D eigenvalue weighted by Crippen LogP contribution is -2.44. The van der Waals surface area contributed by atoms with Gasteiger partial charge in [-0.2, -0.15) is 5.10 Å². The molecule has 0 spiro atoms. The molecule has 150 valence electrons. The second kappa shape index (κ2) is 8.16. The fourth-order valence-corrected chi connectivity index (χ4v) is 3.34. The normalized spacial score (nSPS) is 21.3. The van der Waals surface area contributed by atoms with Crippen LogP contribution >= 0.6 is 0 Å². The van der Waals surface area contributed by atoms with Crippen molar-refractivity contribution < 1.29 is 19.7 Å². The summed E-state index contributed by atoms with van der Waals surface area (Å²) in [5.74, 6) is 0. The van der Waals surface area contributed by atoms with Crippen molar-refractivity contribution >= 4 is 10.8 Å². The van der Waals surface area contributed by atoms with E-state index in [1.54, 1.807) is 12.1 Å². The van der Waals surface area contributed by atoms with Gasteiger partial charge in [-0.1, -0.05) is 48.0 Å². The number of aliphatic hydroxyl groups is 2. The molecule has 0 saturated carbocycles. The molecule has 29 heavy (non-hydrogen) atoms. The van der Waals surface area contributed by atoms with E-state index in [9.17, 15) is 15.0 Å². The number of aromatic nitrogens is 2. The predicted molar refractivity (Wildman–Crippen MR) is 108 cm³/mol. The van der Waals surface area contributed by atoms with Gasteiger partial charge in [0.15, 0.2) is 0 Å². The molecule has 0 bridgehead atoms. The van der Waals surface area contributed by atoms with Crippen molar-refractivity contribution in [3.63, 3.8) is 0 Å². The summed E-state index contributed by atoms with van der Waals surface area (Å²) in [6, 6.07) is 15.3. The quantitative estimate of drug-likeness (QED) is 0.687. The van der Waals surface area contributed by atoms with Crippen LogP contribution in [0.1, 0.15) is 5.56 Å². The Labute approximate surface area is 167 Å². The van der Waals surface area contributed by atoms with E-state index in [1.807, 2.05) is 49.4 Å². The summed E-state index contributed by atoms with van der Waals surface area (Å²) in [7, 11) is 0. The molecule has 2 aromatic carbocycles. The minimum absolute atomic E-state index is 0.146. The molecule has 0 aliphatic carbocycles. The fraction of sp³-hybridized carbons (Fsp3) is 0.273. The second-order valence-electron chi connectivity index (χ2n) is 7.00. The van der Waals surface area contributed by atoms with E-state index in [-0.39, 0.29) is 18.9 Å². The van der Waals surface area contributed by atoms with Crippen LogP contribution in [0.4, 0.5) is 0 Å². The summed E-state index contributed by atoms with van der Waals surface area (Å²) in [6.07, 6.45) is 0.396. The zero-order valence-electron chi connectivity index (χ0n) is 15.9. The summed E-state index contributed by atoms with van der Waals surface area (Å²) in [6.45, 7) is 1.53. The van der Waals surface area contributed by atoms with Gasteiger partial charge in [-0.15, -0.1) is 0 Å². The minimum Gasteiger partial charge on any atom is -0.493 e. The summed E-state index contributed by atoms with van der Waals surface area (Å²) in [4.78, 5) is 12.9. The maximum Gasteiger partial charge on any atom is 0.276 e. The van der Waals surface area contributed by atoms with Gasteiger partial charge in [0.25, 0.3) is 5.56 Å². The van der Waals surface area contributed by atoms with Crippen LogP contribution in [-0.2, 0) is 16.2 Å². The predicted octanol–water partition coefficient (Wildman–Crippen LogP) is 1.98. The van der Waals surface area contributed by atoms with Gasteiger partial charge in [-0.05, 0) is 19.1 Å². The number of rotatable bonds is 5. The Kier molecular flexibility index (Phi) is 5.44. The van der Waals surface area contributed by atoms with E-state index < -0.39 is 18.3 Å². The van der Waals surface area contributed by atoms with Crippen molar-refractivity contribution in [1.82, 2.24) is 9.78 Å². The van der Waals surface area contributed by atoms with Gasteiger partial charge in [-0.25, -0.2) is 4.68 Å². The number of nitrogens with zero attached hydrogens (tertiary/aromatic N) is 2. The Hall–Kier alpha value is -3.00. The Balaban J connectivity index is 1.70. The largest absolute Gasteiger partial charge is 0.493 e. The maximum absolute atomic E-state index is 12.9. The summed E-state index contributed by atoms with van der Waals surface area (Å²) in [5, 5.41) is 25.4. The molecule has 1 aliphatic heterocycles. The van der Waals surface area contributed by atoms with Crippen LogP contribution < -0.4 is 5.56 Å². The van der Waals surface area contributed by atoms with Gasteiger partial charge < -0.3 is 19.7 Å². The first-order valence-corrected chi connectivity index (χ1v) is 9.38. The van der Waals surface area contributed by atoms with E-state index in [1.165, 1.54) is 10.9 Å². The molecule has 0 unspecified atom stereocenters. The molecule has 2 N–H and O–H groups in total. The number of hydrogen-bond donors (Lipinski definition) is 2. The van der Waals surface area contributed by atoms with E-state index >= 15 is 0 Å². The molecule has 7 heteroatoms. The highest BCUT2D eigenvalue weighted by atomic mass is 16.5. The first-order valence-electron chi connectivity index (χ1n) is 9.38. The van der Waals surface area contributed by atoms with E-state index in [2.05, 4.69) is 5.10 Å². The SMILES string of the molecule is Cc1ccc(-c2nn(CO[C@@H]3C=CO[C@H](CO)[C@@H]3O)c(=O)c3ccccc23)cc1. The molecule has 3 atom stereocenters. The zero-order chi connectivity index (χ0) is 20.4. The molecule has 0 fully saturated rings. The monoisotopic (exact) mass is 394 g/mol.